The van der Waals surface area contributed by atoms with Crippen LogP contribution in [0.4, 0.5) is 0 Å². The first-order valence-corrected chi connectivity index (χ1v) is 7.92. The highest BCUT2D eigenvalue weighted by Gasteiger charge is 2.32. The molecule has 0 spiro atoms. The van der Waals surface area contributed by atoms with Crippen molar-refractivity contribution in [1.29, 1.82) is 0 Å². The molecule has 0 N–H and O–H groups in total. The van der Waals surface area contributed by atoms with Crippen molar-refractivity contribution < 1.29 is 0 Å². The number of fused-ring (bicyclic) bond motifs is 1. The van der Waals surface area contributed by atoms with Gasteiger partial charge in [-0.15, -0.1) is 0 Å². The molecule has 0 radical (unpaired) electrons. The normalized spacial score (nSPS) is 21.6. The van der Waals surface area contributed by atoms with Crippen LogP contribution in [0.25, 0.3) is 11.2 Å². The van der Waals surface area contributed by atoms with Crippen molar-refractivity contribution in [2.45, 2.75) is 44.6 Å². The lowest BCUT2D eigenvalue weighted by Crippen LogP contribution is -2.33. The zero-order valence-corrected chi connectivity index (χ0v) is 12.1. The van der Waals surface area contributed by atoms with Crippen LogP contribution in [0, 0.1) is 0 Å². The number of hydrogen-bond donors (Lipinski definition) is 0. The molecule has 2 aliphatic rings. The van der Waals surface area contributed by atoms with E-state index in [4.69, 9.17) is 4.98 Å². The van der Waals surface area contributed by atoms with Crippen LogP contribution < -0.4 is 0 Å². The van der Waals surface area contributed by atoms with Gasteiger partial charge >= 0.3 is 0 Å². The number of pyridine rings is 1. The molecule has 20 heavy (non-hydrogen) atoms. The van der Waals surface area contributed by atoms with Gasteiger partial charge in [0, 0.05) is 18.2 Å². The average Bonchev–Trinajstić information content (AvgIpc) is 3.27. The van der Waals surface area contributed by atoms with Gasteiger partial charge in [0.2, 0.25) is 0 Å². The molecular weight excluding hydrogens is 248 g/mol. The highest BCUT2D eigenvalue weighted by atomic mass is 15.2. The molecule has 0 unspecified atom stereocenters. The largest absolute Gasteiger partial charge is 0.309 e. The molecular formula is C16H22N4. The lowest BCUT2D eigenvalue weighted by atomic mass is 9.96. The summed E-state index contributed by atoms with van der Waals surface area (Å²) in [6.07, 6.45) is 6.96. The molecule has 106 valence electrons. The molecule has 0 atom stereocenters. The van der Waals surface area contributed by atoms with Crippen molar-refractivity contribution in [2.75, 3.05) is 19.6 Å². The first-order valence-electron chi connectivity index (χ1n) is 7.92. The molecule has 0 bridgehead atoms. The minimum absolute atomic E-state index is 0.618. The molecule has 0 aromatic carbocycles. The molecule has 4 nitrogen and oxygen atoms in total. The summed E-state index contributed by atoms with van der Waals surface area (Å²) in [5.74, 6) is 1.92. The van der Waals surface area contributed by atoms with E-state index in [0.717, 1.165) is 11.2 Å². The summed E-state index contributed by atoms with van der Waals surface area (Å²) < 4.78 is 2.45. The number of hydrogen-bond acceptors (Lipinski definition) is 3. The monoisotopic (exact) mass is 270 g/mol. The van der Waals surface area contributed by atoms with E-state index in [-0.39, 0.29) is 0 Å². The Balaban J connectivity index is 1.70. The maximum absolute atomic E-state index is 4.93. The maximum atomic E-state index is 4.93. The van der Waals surface area contributed by atoms with Gasteiger partial charge in [-0.25, -0.2) is 9.97 Å². The number of rotatable bonds is 3. The van der Waals surface area contributed by atoms with Crippen molar-refractivity contribution in [3.63, 3.8) is 0 Å². The van der Waals surface area contributed by atoms with Gasteiger partial charge in [-0.3, -0.25) is 0 Å². The molecule has 2 fully saturated rings. The van der Waals surface area contributed by atoms with E-state index >= 15 is 0 Å². The molecule has 1 aliphatic heterocycles. The Labute approximate surface area is 119 Å². The van der Waals surface area contributed by atoms with Crippen LogP contribution in [0.3, 0.4) is 0 Å². The minimum Gasteiger partial charge on any atom is -0.309 e. The molecule has 1 saturated carbocycles. The van der Waals surface area contributed by atoms with Crippen molar-refractivity contribution in [3.8, 4) is 0 Å². The summed E-state index contributed by atoms with van der Waals surface area (Å²) in [6, 6.07) is 4.76. The van der Waals surface area contributed by atoms with Gasteiger partial charge in [0.1, 0.15) is 11.3 Å². The summed E-state index contributed by atoms with van der Waals surface area (Å²) in [7, 11) is 0. The lowest BCUT2D eigenvalue weighted by Gasteiger charge is -2.30. The Morgan fingerprint density at radius 1 is 1.20 bits per heavy atom. The molecule has 2 aromatic heterocycles. The predicted octanol–water partition coefficient (Wildman–Crippen LogP) is 2.97. The Morgan fingerprint density at radius 2 is 2.00 bits per heavy atom. The van der Waals surface area contributed by atoms with Crippen LogP contribution >= 0.6 is 0 Å². The van der Waals surface area contributed by atoms with Crippen LogP contribution in [0.2, 0.25) is 0 Å². The second-order valence-electron chi connectivity index (χ2n) is 6.13. The summed E-state index contributed by atoms with van der Waals surface area (Å²) in [6.45, 7) is 5.85. The van der Waals surface area contributed by atoms with Crippen molar-refractivity contribution in [1.82, 2.24) is 19.4 Å². The van der Waals surface area contributed by atoms with Gasteiger partial charge in [0.05, 0.1) is 0 Å². The maximum Gasteiger partial charge on any atom is 0.160 e. The lowest BCUT2D eigenvalue weighted by molar-refractivity contribution is 0.217. The zero-order valence-electron chi connectivity index (χ0n) is 12.1. The molecule has 2 aromatic rings. The van der Waals surface area contributed by atoms with E-state index in [0.29, 0.717) is 12.0 Å². The van der Waals surface area contributed by atoms with Gasteiger partial charge in [0.15, 0.2) is 5.65 Å². The first-order chi connectivity index (χ1) is 9.86. The van der Waals surface area contributed by atoms with Crippen molar-refractivity contribution >= 4 is 11.2 Å². The third-order valence-corrected chi connectivity index (χ3v) is 4.79. The summed E-state index contributed by atoms with van der Waals surface area (Å²) in [5, 5.41) is 0. The Hall–Kier alpha value is -1.42. The molecule has 0 amide bonds. The highest BCUT2D eigenvalue weighted by Crippen LogP contribution is 2.41. The number of nitrogens with zero attached hydrogens (tertiary/aromatic N) is 4. The van der Waals surface area contributed by atoms with Crippen LogP contribution in [0.15, 0.2) is 18.3 Å². The van der Waals surface area contributed by atoms with E-state index in [9.17, 15) is 0 Å². The molecule has 4 heteroatoms. The van der Waals surface area contributed by atoms with E-state index in [2.05, 4.69) is 27.4 Å². The first kappa shape index (κ1) is 12.3. The quantitative estimate of drug-likeness (QED) is 0.860. The van der Waals surface area contributed by atoms with E-state index in [1.807, 2.05) is 12.3 Å². The average molecular weight is 270 g/mol. The highest BCUT2D eigenvalue weighted by molar-refractivity contribution is 5.71. The predicted molar refractivity (Wildman–Crippen MR) is 79.9 cm³/mol. The van der Waals surface area contributed by atoms with Crippen LogP contribution in [-0.2, 0) is 0 Å². The zero-order chi connectivity index (χ0) is 13.5. The standard InChI is InChI=1S/C16H22N4/c1-2-19-10-7-12(8-11-19)15-18-14-4-3-9-17-16(14)20(15)13-5-6-13/h3-4,9,12-13H,2,5-8,10-11H2,1H3. The fraction of sp³-hybridized carbons (Fsp3) is 0.625. The Morgan fingerprint density at radius 3 is 2.70 bits per heavy atom. The van der Waals surface area contributed by atoms with Crippen molar-refractivity contribution in [3.05, 3.63) is 24.2 Å². The van der Waals surface area contributed by atoms with Gasteiger partial charge in [-0.05, 0) is 57.5 Å². The number of imidazole rings is 1. The van der Waals surface area contributed by atoms with E-state index in [1.165, 1.54) is 51.1 Å². The molecule has 3 heterocycles. The molecule has 1 aliphatic carbocycles. The van der Waals surface area contributed by atoms with Gasteiger partial charge in [-0.2, -0.15) is 0 Å². The molecule has 1 saturated heterocycles. The topological polar surface area (TPSA) is 34.0 Å². The fourth-order valence-electron chi connectivity index (χ4n) is 3.44. The molecule has 4 rings (SSSR count). The van der Waals surface area contributed by atoms with E-state index in [1.54, 1.807) is 0 Å². The Kier molecular flexibility index (Phi) is 2.99. The third-order valence-electron chi connectivity index (χ3n) is 4.79. The number of likely N-dealkylation sites (tertiary alicyclic amines) is 1. The number of piperidine rings is 1. The van der Waals surface area contributed by atoms with Gasteiger partial charge in [-0.1, -0.05) is 6.92 Å². The third kappa shape index (κ3) is 2.03. The van der Waals surface area contributed by atoms with Gasteiger partial charge < -0.3 is 9.47 Å². The summed E-state index contributed by atoms with van der Waals surface area (Å²) >= 11 is 0. The van der Waals surface area contributed by atoms with Gasteiger partial charge in [0.25, 0.3) is 0 Å². The second-order valence-corrected chi connectivity index (χ2v) is 6.13. The second kappa shape index (κ2) is 4.85. The summed E-state index contributed by atoms with van der Waals surface area (Å²) in [5.41, 5.74) is 2.18. The van der Waals surface area contributed by atoms with Crippen LogP contribution in [0.5, 0.6) is 0 Å². The van der Waals surface area contributed by atoms with Crippen LogP contribution in [-0.4, -0.2) is 39.1 Å². The summed E-state index contributed by atoms with van der Waals surface area (Å²) in [4.78, 5) is 12.1. The Bertz CT molecular complexity index is 606. The number of aromatic nitrogens is 3. The fourth-order valence-corrected chi connectivity index (χ4v) is 3.44. The smallest absolute Gasteiger partial charge is 0.160 e. The van der Waals surface area contributed by atoms with E-state index < -0.39 is 0 Å². The van der Waals surface area contributed by atoms with Crippen LogP contribution in [0.1, 0.15) is 50.4 Å². The SMILES string of the molecule is CCN1CCC(c2nc3cccnc3n2C2CC2)CC1. The van der Waals surface area contributed by atoms with Crippen molar-refractivity contribution in [2.24, 2.45) is 0 Å². The minimum atomic E-state index is 0.618.